The molecule has 90 valence electrons. The van der Waals surface area contributed by atoms with Crippen LogP contribution in [0.2, 0.25) is 0 Å². The number of hydrogen-bond acceptors (Lipinski definition) is 3. The Balaban J connectivity index is 1.74. The molecule has 16 heavy (non-hydrogen) atoms. The van der Waals surface area contributed by atoms with E-state index in [1.807, 2.05) is 12.1 Å². The van der Waals surface area contributed by atoms with Crippen molar-refractivity contribution in [1.82, 2.24) is 10.2 Å². The minimum absolute atomic E-state index is 0.322. The predicted octanol–water partition coefficient (Wildman–Crippen LogP) is 2.27. The van der Waals surface area contributed by atoms with Crippen molar-refractivity contribution in [2.75, 3.05) is 26.7 Å². The predicted molar refractivity (Wildman–Crippen MR) is 65.3 cm³/mol. The molecule has 3 nitrogen and oxygen atoms in total. The summed E-state index contributed by atoms with van der Waals surface area (Å²) in [4.78, 5) is 2.42. The van der Waals surface area contributed by atoms with Gasteiger partial charge in [0.15, 0.2) is 0 Å². The normalized spacial score (nSPS) is 24.5. The van der Waals surface area contributed by atoms with Gasteiger partial charge in [-0.05, 0) is 58.0 Å². The van der Waals surface area contributed by atoms with Crippen LogP contribution < -0.4 is 5.32 Å². The Bertz CT molecular complexity index is 297. The maximum atomic E-state index is 5.38. The van der Waals surface area contributed by atoms with Crippen molar-refractivity contribution < 1.29 is 4.42 Å². The number of nitrogens with zero attached hydrogens (tertiary/aromatic N) is 1. The van der Waals surface area contributed by atoms with E-state index in [0.717, 1.165) is 18.2 Å². The molecule has 1 aromatic rings. The number of rotatable bonds is 4. The highest BCUT2D eigenvalue weighted by Gasteiger charge is 2.18. The van der Waals surface area contributed by atoms with E-state index in [1.54, 1.807) is 6.26 Å². The van der Waals surface area contributed by atoms with E-state index in [4.69, 9.17) is 4.42 Å². The van der Waals surface area contributed by atoms with Gasteiger partial charge in [-0.2, -0.15) is 0 Å². The van der Waals surface area contributed by atoms with Gasteiger partial charge in [-0.3, -0.25) is 0 Å². The first-order valence-electron chi connectivity index (χ1n) is 6.21. The van der Waals surface area contributed by atoms with Gasteiger partial charge in [0.25, 0.3) is 0 Å². The summed E-state index contributed by atoms with van der Waals surface area (Å²) in [7, 11) is 2.21. The Morgan fingerprint density at radius 1 is 1.62 bits per heavy atom. The molecule has 0 aliphatic carbocycles. The fourth-order valence-electron chi connectivity index (χ4n) is 2.42. The molecule has 2 heterocycles. The molecule has 0 amide bonds. The van der Waals surface area contributed by atoms with Gasteiger partial charge in [0.2, 0.25) is 0 Å². The van der Waals surface area contributed by atoms with Gasteiger partial charge >= 0.3 is 0 Å². The van der Waals surface area contributed by atoms with Gasteiger partial charge in [0.1, 0.15) is 5.76 Å². The monoisotopic (exact) mass is 222 g/mol. The first kappa shape index (κ1) is 11.7. The third-order valence-corrected chi connectivity index (χ3v) is 3.40. The average Bonchev–Trinajstić information content (AvgIpc) is 2.79. The van der Waals surface area contributed by atoms with Crippen LogP contribution in [0.15, 0.2) is 22.8 Å². The summed E-state index contributed by atoms with van der Waals surface area (Å²) in [6, 6.07) is 4.30. The number of nitrogens with one attached hydrogen (secondary N) is 1. The van der Waals surface area contributed by atoms with Crippen molar-refractivity contribution >= 4 is 0 Å². The number of piperidine rings is 1. The molecule has 0 saturated carbocycles. The summed E-state index contributed by atoms with van der Waals surface area (Å²) in [6.07, 6.45) is 4.42. The van der Waals surface area contributed by atoms with E-state index in [9.17, 15) is 0 Å². The van der Waals surface area contributed by atoms with E-state index < -0.39 is 0 Å². The van der Waals surface area contributed by atoms with Crippen LogP contribution in [0.4, 0.5) is 0 Å². The zero-order chi connectivity index (χ0) is 11.4. The van der Waals surface area contributed by atoms with E-state index >= 15 is 0 Å². The van der Waals surface area contributed by atoms with Gasteiger partial charge in [-0.25, -0.2) is 0 Å². The lowest BCUT2D eigenvalue weighted by Crippen LogP contribution is -2.37. The Labute approximate surface area is 97.8 Å². The van der Waals surface area contributed by atoms with Crippen LogP contribution in [0, 0.1) is 5.92 Å². The molecule has 0 radical (unpaired) electrons. The van der Waals surface area contributed by atoms with Crippen LogP contribution in [0.5, 0.6) is 0 Å². The fraction of sp³-hybridized carbons (Fsp3) is 0.692. The van der Waals surface area contributed by atoms with E-state index in [1.165, 1.54) is 25.9 Å². The zero-order valence-electron chi connectivity index (χ0n) is 10.3. The number of hydrogen-bond donors (Lipinski definition) is 1. The van der Waals surface area contributed by atoms with Crippen LogP contribution in [-0.2, 0) is 0 Å². The van der Waals surface area contributed by atoms with Gasteiger partial charge < -0.3 is 14.6 Å². The van der Waals surface area contributed by atoms with Gasteiger partial charge in [-0.15, -0.1) is 0 Å². The minimum Gasteiger partial charge on any atom is -0.468 e. The maximum absolute atomic E-state index is 5.38. The molecule has 1 aromatic heterocycles. The molecule has 0 spiro atoms. The quantitative estimate of drug-likeness (QED) is 0.847. The molecule has 0 aromatic carbocycles. The average molecular weight is 222 g/mol. The van der Waals surface area contributed by atoms with Crippen LogP contribution in [-0.4, -0.2) is 31.6 Å². The van der Waals surface area contributed by atoms with Crippen molar-refractivity contribution in [1.29, 1.82) is 0 Å². The van der Waals surface area contributed by atoms with Crippen LogP contribution in [0.1, 0.15) is 31.6 Å². The lowest BCUT2D eigenvalue weighted by molar-refractivity contribution is 0.202. The number of furan rings is 1. The molecule has 0 bridgehead atoms. The van der Waals surface area contributed by atoms with Crippen LogP contribution in [0.3, 0.4) is 0 Å². The summed E-state index contributed by atoms with van der Waals surface area (Å²) >= 11 is 0. The summed E-state index contributed by atoms with van der Waals surface area (Å²) in [5, 5.41) is 3.55. The topological polar surface area (TPSA) is 28.4 Å². The molecule has 1 fully saturated rings. The molecule has 2 atom stereocenters. The van der Waals surface area contributed by atoms with Crippen molar-refractivity contribution in [2.24, 2.45) is 5.92 Å². The fourth-order valence-corrected chi connectivity index (χ4v) is 2.42. The largest absolute Gasteiger partial charge is 0.468 e. The minimum atomic E-state index is 0.322. The van der Waals surface area contributed by atoms with Gasteiger partial charge in [0, 0.05) is 6.54 Å². The second kappa shape index (κ2) is 5.51. The van der Waals surface area contributed by atoms with Crippen LogP contribution in [0.25, 0.3) is 0 Å². The zero-order valence-corrected chi connectivity index (χ0v) is 10.3. The molecule has 1 unspecified atom stereocenters. The molecule has 1 N–H and O–H groups in total. The molecule has 1 aliphatic heterocycles. The van der Waals surface area contributed by atoms with Gasteiger partial charge in [0.05, 0.1) is 12.3 Å². The van der Waals surface area contributed by atoms with Crippen molar-refractivity contribution in [3.8, 4) is 0 Å². The highest BCUT2D eigenvalue weighted by Crippen LogP contribution is 2.17. The SMILES string of the molecule is C[C@H](NCC1CCCN(C)C1)c1ccco1. The molecular formula is C13H22N2O. The molecule has 2 rings (SSSR count). The molecule has 3 heteroatoms. The molecular weight excluding hydrogens is 200 g/mol. The number of likely N-dealkylation sites (tertiary alicyclic amines) is 1. The Hall–Kier alpha value is -0.800. The highest BCUT2D eigenvalue weighted by molar-refractivity contribution is 5.02. The third kappa shape index (κ3) is 3.09. The van der Waals surface area contributed by atoms with E-state index in [-0.39, 0.29) is 0 Å². The summed E-state index contributed by atoms with van der Waals surface area (Å²) in [5.41, 5.74) is 0. The van der Waals surface area contributed by atoms with E-state index in [2.05, 4.69) is 24.2 Å². The van der Waals surface area contributed by atoms with Crippen molar-refractivity contribution in [3.05, 3.63) is 24.2 Å². The Kier molecular flexibility index (Phi) is 4.02. The van der Waals surface area contributed by atoms with Gasteiger partial charge in [-0.1, -0.05) is 0 Å². The first-order chi connectivity index (χ1) is 7.75. The lowest BCUT2D eigenvalue weighted by atomic mass is 9.98. The Morgan fingerprint density at radius 3 is 3.19 bits per heavy atom. The van der Waals surface area contributed by atoms with Crippen molar-refractivity contribution in [3.63, 3.8) is 0 Å². The second-order valence-corrected chi connectivity index (χ2v) is 4.92. The Morgan fingerprint density at radius 2 is 2.50 bits per heavy atom. The third-order valence-electron chi connectivity index (χ3n) is 3.40. The first-order valence-corrected chi connectivity index (χ1v) is 6.21. The van der Waals surface area contributed by atoms with Crippen LogP contribution >= 0.6 is 0 Å². The lowest BCUT2D eigenvalue weighted by Gasteiger charge is -2.30. The smallest absolute Gasteiger partial charge is 0.120 e. The molecule has 1 saturated heterocycles. The molecule has 1 aliphatic rings. The summed E-state index contributed by atoms with van der Waals surface area (Å²) < 4.78 is 5.38. The highest BCUT2D eigenvalue weighted by atomic mass is 16.3. The van der Waals surface area contributed by atoms with Crippen molar-refractivity contribution in [2.45, 2.75) is 25.8 Å². The second-order valence-electron chi connectivity index (χ2n) is 4.92. The standard InChI is InChI=1S/C13H22N2O/c1-11(13-6-4-8-16-13)14-9-12-5-3-7-15(2)10-12/h4,6,8,11-12,14H,3,5,7,9-10H2,1-2H3/t11-,12?/m0/s1. The maximum Gasteiger partial charge on any atom is 0.120 e. The summed E-state index contributed by atoms with van der Waals surface area (Å²) in [5.74, 6) is 1.82. The van der Waals surface area contributed by atoms with E-state index in [0.29, 0.717) is 6.04 Å². The summed E-state index contributed by atoms with van der Waals surface area (Å²) in [6.45, 7) is 5.72.